The van der Waals surface area contributed by atoms with E-state index in [9.17, 15) is 0 Å². The summed E-state index contributed by atoms with van der Waals surface area (Å²) in [6.45, 7) is 4.04. The molecule has 1 aliphatic rings. The lowest BCUT2D eigenvalue weighted by Crippen LogP contribution is -2.39. The number of piperidine rings is 1. The Hall–Kier alpha value is -1.06. The summed E-state index contributed by atoms with van der Waals surface area (Å²) < 4.78 is 0. The number of nitrogens with one attached hydrogen (secondary N) is 1. The molecule has 128 valence electrons. The summed E-state index contributed by atoms with van der Waals surface area (Å²) in [7, 11) is 0. The Morgan fingerprint density at radius 2 is 1.62 bits per heavy atom. The summed E-state index contributed by atoms with van der Waals surface area (Å²) in [5.41, 5.74) is 2.47. The molecule has 1 unspecified atom stereocenters. The first kappa shape index (κ1) is 17.8. The van der Waals surface area contributed by atoms with E-state index in [0.29, 0.717) is 6.04 Å². The van der Waals surface area contributed by atoms with E-state index >= 15 is 0 Å². The number of hydrogen-bond acceptors (Lipinski definition) is 2. The number of halogens is 2. The Morgan fingerprint density at radius 1 is 0.917 bits per heavy atom. The van der Waals surface area contributed by atoms with E-state index in [2.05, 4.69) is 34.5 Å². The van der Waals surface area contributed by atoms with Crippen molar-refractivity contribution in [2.75, 3.05) is 19.6 Å². The van der Waals surface area contributed by atoms with Gasteiger partial charge in [0.1, 0.15) is 0 Å². The molecule has 1 aliphatic heterocycles. The van der Waals surface area contributed by atoms with Gasteiger partial charge in [0.25, 0.3) is 0 Å². The van der Waals surface area contributed by atoms with Gasteiger partial charge in [0.2, 0.25) is 0 Å². The van der Waals surface area contributed by atoms with Crippen LogP contribution in [0.25, 0.3) is 0 Å². The van der Waals surface area contributed by atoms with Crippen LogP contribution in [-0.4, -0.2) is 24.5 Å². The summed E-state index contributed by atoms with van der Waals surface area (Å²) in [6.07, 6.45) is 3.89. The molecule has 2 nitrogen and oxygen atoms in total. The third kappa shape index (κ3) is 4.73. The van der Waals surface area contributed by atoms with E-state index in [1.54, 1.807) is 0 Å². The second kappa shape index (κ2) is 8.87. The Bertz CT molecular complexity index is 636. The SMILES string of the molecule is Clc1ccc(CNCC(c2ccccc2Cl)N2CCCCC2)cc1. The summed E-state index contributed by atoms with van der Waals surface area (Å²) in [5, 5.41) is 5.24. The fourth-order valence-electron chi connectivity index (χ4n) is 3.37. The third-order valence-electron chi connectivity index (χ3n) is 4.68. The molecule has 0 amide bonds. The minimum Gasteiger partial charge on any atom is -0.311 e. The van der Waals surface area contributed by atoms with E-state index in [-0.39, 0.29) is 0 Å². The van der Waals surface area contributed by atoms with Crippen LogP contribution < -0.4 is 5.32 Å². The zero-order chi connectivity index (χ0) is 16.8. The first-order valence-corrected chi connectivity index (χ1v) is 9.43. The lowest BCUT2D eigenvalue weighted by Gasteiger charge is -2.35. The maximum absolute atomic E-state index is 6.48. The molecule has 0 bridgehead atoms. The molecule has 1 N–H and O–H groups in total. The average molecular weight is 363 g/mol. The van der Waals surface area contributed by atoms with Crippen LogP contribution in [0.3, 0.4) is 0 Å². The molecule has 1 fully saturated rings. The first-order chi connectivity index (χ1) is 11.7. The Morgan fingerprint density at radius 3 is 2.33 bits per heavy atom. The highest BCUT2D eigenvalue weighted by Crippen LogP contribution is 2.29. The quantitative estimate of drug-likeness (QED) is 0.748. The van der Waals surface area contributed by atoms with Crippen LogP contribution in [0.5, 0.6) is 0 Å². The summed E-state index contributed by atoms with van der Waals surface area (Å²) >= 11 is 12.4. The maximum atomic E-state index is 6.48. The van der Waals surface area contributed by atoms with Crippen molar-refractivity contribution in [1.29, 1.82) is 0 Å². The Balaban J connectivity index is 1.67. The zero-order valence-corrected chi connectivity index (χ0v) is 15.4. The molecule has 0 aromatic heterocycles. The van der Waals surface area contributed by atoms with Crippen molar-refractivity contribution in [2.24, 2.45) is 0 Å². The smallest absolute Gasteiger partial charge is 0.0487 e. The van der Waals surface area contributed by atoms with Crippen LogP contribution in [0.2, 0.25) is 10.0 Å². The number of hydrogen-bond donors (Lipinski definition) is 1. The molecular weight excluding hydrogens is 339 g/mol. The largest absolute Gasteiger partial charge is 0.311 e. The molecule has 4 heteroatoms. The molecule has 0 aliphatic carbocycles. The molecule has 24 heavy (non-hydrogen) atoms. The standard InChI is InChI=1S/C20H24Cl2N2/c21-17-10-8-16(9-11-17)14-23-15-20(24-12-4-1-5-13-24)18-6-2-3-7-19(18)22/h2-3,6-11,20,23H,1,4-5,12-15H2. The highest BCUT2D eigenvalue weighted by Gasteiger charge is 2.23. The van der Waals surface area contributed by atoms with E-state index in [1.807, 2.05) is 24.3 Å². The molecule has 3 rings (SSSR count). The normalized spacial score (nSPS) is 16.9. The van der Waals surface area contributed by atoms with Crippen molar-refractivity contribution in [3.05, 3.63) is 69.7 Å². The van der Waals surface area contributed by atoms with Crippen molar-refractivity contribution in [1.82, 2.24) is 10.2 Å². The lowest BCUT2D eigenvalue weighted by molar-refractivity contribution is 0.160. The predicted molar refractivity (Wildman–Crippen MR) is 103 cm³/mol. The van der Waals surface area contributed by atoms with Crippen LogP contribution in [-0.2, 0) is 6.54 Å². The van der Waals surface area contributed by atoms with Gasteiger partial charge in [0.15, 0.2) is 0 Å². The Kier molecular flexibility index (Phi) is 6.56. The van der Waals surface area contributed by atoms with Gasteiger partial charge in [-0.15, -0.1) is 0 Å². The van der Waals surface area contributed by atoms with Gasteiger partial charge >= 0.3 is 0 Å². The van der Waals surface area contributed by atoms with Crippen LogP contribution in [0.4, 0.5) is 0 Å². The number of nitrogens with zero attached hydrogens (tertiary/aromatic N) is 1. The zero-order valence-electron chi connectivity index (χ0n) is 13.8. The highest BCUT2D eigenvalue weighted by atomic mass is 35.5. The molecule has 0 saturated carbocycles. The fraction of sp³-hybridized carbons (Fsp3) is 0.400. The monoisotopic (exact) mass is 362 g/mol. The molecule has 1 atom stereocenters. The fourth-order valence-corrected chi connectivity index (χ4v) is 3.75. The predicted octanol–water partition coefficient (Wildman–Crippen LogP) is 5.31. The number of likely N-dealkylation sites (tertiary alicyclic amines) is 1. The maximum Gasteiger partial charge on any atom is 0.0487 e. The average Bonchev–Trinajstić information content (AvgIpc) is 2.62. The van der Waals surface area contributed by atoms with Gasteiger partial charge in [0, 0.05) is 29.2 Å². The minimum absolute atomic E-state index is 0.325. The van der Waals surface area contributed by atoms with Crippen molar-refractivity contribution in [3.8, 4) is 0 Å². The molecule has 0 spiro atoms. The number of benzene rings is 2. The van der Waals surface area contributed by atoms with Crippen molar-refractivity contribution < 1.29 is 0 Å². The summed E-state index contributed by atoms with van der Waals surface area (Å²) in [5.74, 6) is 0. The minimum atomic E-state index is 0.325. The van der Waals surface area contributed by atoms with Crippen LogP contribution >= 0.6 is 23.2 Å². The Labute approximate surface area is 154 Å². The van der Waals surface area contributed by atoms with Crippen LogP contribution in [0.15, 0.2) is 48.5 Å². The van der Waals surface area contributed by atoms with Crippen molar-refractivity contribution >= 4 is 23.2 Å². The molecule has 1 saturated heterocycles. The second-order valence-electron chi connectivity index (χ2n) is 6.39. The van der Waals surface area contributed by atoms with Gasteiger partial charge < -0.3 is 5.32 Å². The first-order valence-electron chi connectivity index (χ1n) is 8.67. The van der Waals surface area contributed by atoms with Crippen molar-refractivity contribution in [2.45, 2.75) is 31.8 Å². The molecule has 2 aromatic carbocycles. The van der Waals surface area contributed by atoms with Gasteiger partial charge in [-0.2, -0.15) is 0 Å². The summed E-state index contributed by atoms with van der Waals surface area (Å²) in [6, 6.07) is 16.6. The molecule has 2 aromatic rings. The van der Waals surface area contributed by atoms with Gasteiger partial charge in [0.05, 0.1) is 0 Å². The van der Waals surface area contributed by atoms with Gasteiger partial charge in [-0.05, 0) is 55.3 Å². The lowest BCUT2D eigenvalue weighted by atomic mass is 10.0. The van der Waals surface area contributed by atoms with Crippen LogP contribution in [0, 0.1) is 0 Å². The van der Waals surface area contributed by atoms with E-state index in [0.717, 1.165) is 36.2 Å². The van der Waals surface area contributed by atoms with Crippen molar-refractivity contribution in [3.63, 3.8) is 0 Å². The number of rotatable bonds is 6. The van der Waals surface area contributed by atoms with E-state index in [1.165, 1.54) is 30.4 Å². The summed E-state index contributed by atoms with van der Waals surface area (Å²) in [4.78, 5) is 2.57. The topological polar surface area (TPSA) is 15.3 Å². The van der Waals surface area contributed by atoms with E-state index in [4.69, 9.17) is 23.2 Å². The van der Waals surface area contributed by atoms with E-state index < -0.39 is 0 Å². The third-order valence-corrected chi connectivity index (χ3v) is 5.27. The molecule has 1 heterocycles. The van der Waals surface area contributed by atoms with Gasteiger partial charge in [-0.1, -0.05) is 60.0 Å². The second-order valence-corrected chi connectivity index (χ2v) is 7.23. The van der Waals surface area contributed by atoms with Gasteiger partial charge in [-0.25, -0.2) is 0 Å². The van der Waals surface area contributed by atoms with Crippen LogP contribution in [0.1, 0.15) is 36.4 Å². The molecule has 0 radical (unpaired) electrons. The highest BCUT2D eigenvalue weighted by molar-refractivity contribution is 6.31. The van der Waals surface area contributed by atoms with Gasteiger partial charge in [-0.3, -0.25) is 4.90 Å². The molecular formula is C20H24Cl2N2.